The lowest BCUT2D eigenvalue weighted by Crippen LogP contribution is -2.48. The smallest absolute Gasteiger partial charge is 0.300 e. The number of carbonyl (C=O) groups is 1. The Morgan fingerprint density at radius 2 is 1.76 bits per heavy atom. The molecule has 1 amide bonds. The fraction of sp³-hybridized carbons (Fsp3) is 0.348. The van der Waals surface area contributed by atoms with Crippen LogP contribution in [0, 0.1) is 0 Å². The second kappa shape index (κ2) is 8.68. The molecule has 0 unspecified atom stereocenters. The molecule has 11 heteroatoms. The van der Waals surface area contributed by atoms with E-state index in [1.54, 1.807) is 55.1 Å². The average molecular weight is 485 g/mol. The molecule has 176 valence electrons. The Bertz CT molecular complexity index is 1330. The first-order chi connectivity index (χ1) is 16.3. The van der Waals surface area contributed by atoms with E-state index < -0.39 is 12.1 Å². The summed E-state index contributed by atoms with van der Waals surface area (Å²) in [6.07, 6.45) is 0. The standard InChI is InChI=1S/C23H22ClFN6O3/c1-23(2,13-25)21-29-28-19(34-21)14-3-5-15(6-4-14)20(32)30-9-11-31(12-10-30)22-27-18-16(33-22)7-8-17(24)26-18/h3-8H,9-13H2,1-2H3. The Morgan fingerprint density at radius 1 is 1.03 bits per heavy atom. The first-order valence-corrected chi connectivity index (χ1v) is 11.2. The molecule has 0 saturated carbocycles. The third-order valence-corrected chi connectivity index (χ3v) is 5.97. The Morgan fingerprint density at radius 3 is 2.47 bits per heavy atom. The number of pyridine rings is 1. The largest absolute Gasteiger partial charge is 0.422 e. The van der Waals surface area contributed by atoms with Crippen molar-refractivity contribution in [2.75, 3.05) is 37.8 Å². The predicted octanol–water partition coefficient (Wildman–Crippen LogP) is 4.14. The molecule has 4 aromatic rings. The Kier molecular flexibility index (Phi) is 5.68. The van der Waals surface area contributed by atoms with Gasteiger partial charge in [-0.05, 0) is 50.2 Å². The summed E-state index contributed by atoms with van der Waals surface area (Å²) in [5.41, 5.74) is 1.41. The number of carbonyl (C=O) groups excluding carboxylic acids is 1. The van der Waals surface area contributed by atoms with Gasteiger partial charge in [0.25, 0.3) is 11.9 Å². The van der Waals surface area contributed by atoms with Crippen molar-refractivity contribution in [3.63, 3.8) is 0 Å². The molecule has 5 rings (SSSR count). The monoisotopic (exact) mass is 484 g/mol. The number of piperazine rings is 1. The number of fused-ring (bicyclic) bond motifs is 1. The lowest BCUT2D eigenvalue weighted by atomic mass is 9.96. The third kappa shape index (κ3) is 4.21. The minimum atomic E-state index is -0.843. The number of hydrogen-bond acceptors (Lipinski definition) is 8. The number of anilines is 1. The summed E-state index contributed by atoms with van der Waals surface area (Å²) < 4.78 is 24.6. The summed E-state index contributed by atoms with van der Waals surface area (Å²) in [7, 11) is 0. The van der Waals surface area contributed by atoms with E-state index in [0.29, 0.717) is 65.6 Å². The number of benzene rings is 1. The highest BCUT2D eigenvalue weighted by atomic mass is 35.5. The van der Waals surface area contributed by atoms with Gasteiger partial charge in [0.05, 0.1) is 5.41 Å². The van der Waals surface area contributed by atoms with Crippen molar-refractivity contribution in [3.8, 4) is 11.5 Å². The maximum absolute atomic E-state index is 13.2. The van der Waals surface area contributed by atoms with Crippen molar-refractivity contribution >= 4 is 34.8 Å². The van der Waals surface area contributed by atoms with Crippen molar-refractivity contribution in [1.29, 1.82) is 0 Å². The van der Waals surface area contributed by atoms with Crippen LogP contribution in [0.15, 0.2) is 45.2 Å². The van der Waals surface area contributed by atoms with E-state index in [9.17, 15) is 9.18 Å². The molecular weight excluding hydrogens is 463 g/mol. The second-order valence-electron chi connectivity index (χ2n) is 8.74. The Labute approximate surface area is 199 Å². The van der Waals surface area contributed by atoms with Gasteiger partial charge >= 0.3 is 0 Å². The van der Waals surface area contributed by atoms with Crippen LogP contribution in [0.2, 0.25) is 5.15 Å². The summed E-state index contributed by atoms with van der Waals surface area (Å²) in [4.78, 5) is 25.3. The van der Waals surface area contributed by atoms with E-state index in [1.807, 2.05) is 4.90 Å². The van der Waals surface area contributed by atoms with Crippen molar-refractivity contribution in [2.45, 2.75) is 19.3 Å². The minimum Gasteiger partial charge on any atom is -0.422 e. The molecule has 9 nitrogen and oxygen atoms in total. The number of aromatic nitrogens is 4. The molecule has 1 aromatic carbocycles. The van der Waals surface area contributed by atoms with E-state index in [-0.39, 0.29) is 11.8 Å². The number of oxazole rings is 1. The van der Waals surface area contributed by atoms with Gasteiger partial charge in [-0.3, -0.25) is 4.79 Å². The summed E-state index contributed by atoms with van der Waals surface area (Å²) in [6.45, 7) is 5.01. The van der Waals surface area contributed by atoms with Crippen LogP contribution in [0.25, 0.3) is 22.7 Å². The van der Waals surface area contributed by atoms with Gasteiger partial charge in [0.15, 0.2) is 5.58 Å². The quantitative estimate of drug-likeness (QED) is 0.389. The maximum atomic E-state index is 13.2. The number of rotatable bonds is 5. The zero-order valence-corrected chi connectivity index (χ0v) is 19.4. The summed E-state index contributed by atoms with van der Waals surface area (Å²) in [5.74, 6) is 0.459. The highest BCUT2D eigenvalue weighted by Crippen LogP contribution is 2.27. The van der Waals surface area contributed by atoms with Gasteiger partial charge in [0.1, 0.15) is 11.8 Å². The van der Waals surface area contributed by atoms with Crippen molar-refractivity contribution in [2.24, 2.45) is 0 Å². The molecular formula is C23H22ClFN6O3. The van der Waals surface area contributed by atoms with Crippen molar-refractivity contribution in [3.05, 3.63) is 53.0 Å². The maximum Gasteiger partial charge on any atom is 0.300 e. The molecule has 0 spiro atoms. The molecule has 34 heavy (non-hydrogen) atoms. The van der Waals surface area contributed by atoms with Crippen LogP contribution in [0.1, 0.15) is 30.1 Å². The van der Waals surface area contributed by atoms with Gasteiger partial charge in [0, 0.05) is 37.3 Å². The molecule has 4 heterocycles. The predicted molar refractivity (Wildman–Crippen MR) is 124 cm³/mol. The van der Waals surface area contributed by atoms with Crippen molar-refractivity contribution < 1.29 is 18.0 Å². The van der Waals surface area contributed by atoms with Gasteiger partial charge in [-0.15, -0.1) is 10.2 Å². The van der Waals surface area contributed by atoms with Crippen LogP contribution in [0.5, 0.6) is 0 Å². The summed E-state index contributed by atoms with van der Waals surface area (Å²) >= 11 is 5.92. The topological polar surface area (TPSA) is 101 Å². The normalized spacial score (nSPS) is 14.7. The molecule has 1 aliphatic rings. The van der Waals surface area contributed by atoms with Crippen LogP contribution in [0.3, 0.4) is 0 Å². The van der Waals surface area contributed by atoms with Gasteiger partial charge in [-0.25, -0.2) is 9.37 Å². The molecule has 0 N–H and O–H groups in total. The molecule has 1 fully saturated rings. The van der Waals surface area contributed by atoms with Crippen LogP contribution in [-0.2, 0) is 5.41 Å². The highest BCUT2D eigenvalue weighted by molar-refractivity contribution is 6.29. The zero-order chi connectivity index (χ0) is 23.9. The second-order valence-corrected chi connectivity index (χ2v) is 9.13. The summed E-state index contributed by atoms with van der Waals surface area (Å²) in [6, 6.07) is 10.8. The van der Waals surface area contributed by atoms with Crippen molar-refractivity contribution in [1.82, 2.24) is 25.1 Å². The lowest BCUT2D eigenvalue weighted by Gasteiger charge is -2.33. The molecule has 1 saturated heterocycles. The SMILES string of the molecule is CC(C)(CF)c1nnc(-c2ccc(C(=O)N3CCN(c4nc5nc(Cl)ccc5o4)CC3)cc2)o1. The number of hydrogen-bond donors (Lipinski definition) is 0. The summed E-state index contributed by atoms with van der Waals surface area (Å²) in [5, 5.41) is 8.33. The first-order valence-electron chi connectivity index (χ1n) is 10.8. The molecule has 0 bridgehead atoms. The van der Waals surface area contributed by atoms with Crippen LogP contribution in [0.4, 0.5) is 10.4 Å². The third-order valence-electron chi connectivity index (χ3n) is 5.76. The van der Waals surface area contributed by atoms with E-state index >= 15 is 0 Å². The average Bonchev–Trinajstić information content (AvgIpc) is 3.52. The number of halogens is 2. The fourth-order valence-corrected chi connectivity index (χ4v) is 3.77. The van der Waals surface area contributed by atoms with Gasteiger partial charge in [-0.2, -0.15) is 4.98 Å². The number of alkyl halides is 1. The number of nitrogens with zero attached hydrogens (tertiary/aromatic N) is 6. The van der Waals surface area contributed by atoms with Gasteiger partial charge in [0.2, 0.25) is 17.4 Å². The highest BCUT2D eigenvalue weighted by Gasteiger charge is 2.28. The van der Waals surface area contributed by atoms with E-state index in [1.165, 1.54) is 0 Å². The molecule has 0 aliphatic carbocycles. The first kappa shape index (κ1) is 22.3. The Hall–Kier alpha value is -3.53. The lowest BCUT2D eigenvalue weighted by molar-refractivity contribution is 0.0745. The van der Waals surface area contributed by atoms with Crippen LogP contribution >= 0.6 is 11.6 Å². The van der Waals surface area contributed by atoms with Crippen LogP contribution < -0.4 is 4.90 Å². The van der Waals surface area contributed by atoms with E-state index in [0.717, 1.165) is 0 Å². The van der Waals surface area contributed by atoms with Gasteiger partial charge in [-0.1, -0.05) is 11.6 Å². The number of amides is 1. The van der Waals surface area contributed by atoms with E-state index in [2.05, 4.69) is 20.2 Å². The van der Waals surface area contributed by atoms with E-state index in [4.69, 9.17) is 20.4 Å². The Balaban J connectivity index is 1.23. The van der Waals surface area contributed by atoms with Crippen LogP contribution in [-0.4, -0.2) is 63.8 Å². The molecule has 1 aliphatic heterocycles. The molecule has 3 aromatic heterocycles. The molecule has 0 radical (unpaired) electrons. The minimum absolute atomic E-state index is 0.0676. The zero-order valence-electron chi connectivity index (χ0n) is 18.7. The van der Waals surface area contributed by atoms with Gasteiger partial charge < -0.3 is 18.6 Å². The molecule has 0 atom stereocenters. The fourth-order valence-electron chi connectivity index (χ4n) is 3.63.